The van der Waals surface area contributed by atoms with Crippen LogP contribution in [0.2, 0.25) is 0 Å². The summed E-state index contributed by atoms with van der Waals surface area (Å²) in [6.45, 7) is 0.221. The van der Waals surface area contributed by atoms with Crippen molar-refractivity contribution in [2.75, 3.05) is 6.52 Å². The van der Waals surface area contributed by atoms with Gasteiger partial charge in [-0.15, -0.1) is 0 Å². The molecule has 0 saturated carbocycles. The van der Waals surface area contributed by atoms with Crippen LogP contribution in [0.3, 0.4) is 0 Å². The van der Waals surface area contributed by atoms with Crippen LogP contribution in [0.4, 0.5) is 0 Å². The predicted molar refractivity (Wildman–Crippen MR) is 63.9 cm³/mol. The molecule has 0 bridgehead atoms. The Hall–Kier alpha value is -1.84. The van der Waals surface area contributed by atoms with E-state index >= 15 is 0 Å². The average Bonchev–Trinajstić information content (AvgIpc) is 2.31. The van der Waals surface area contributed by atoms with Crippen molar-refractivity contribution in [2.45, 2.75) is 13.3 Å². The van der Waals surface area contributed by atoms with Gasteiger partial charge in [-0.25, -0.2) is 4.99 Å². The minimum Gasteiger partial charge on any atom is -0.387 e. The molecule has 0 fully saturated rings. The lowest BCUT2D eigenvalue weighted by Gasteiger charge is -1.97. The summed E-state index contributed by atoms with van der Waals surface area (Å²) in [7, 11) is 0. The Morgan fingerprint density at radius 1 is 1.53 bits per heavy atom. The van der Waals surface area contributed by atoms with E-state index in [1.54, 1.807) is 0 Å². The van der Waals surface area contributed by atoms with Gasteiger partial charge in [-0.1, -0.05) is 30.3 Å². The highest BCUT2D eigenvalue weighted by molar-refractivity contribution is 5.93. The van der Waals surface area contributed by atoms with Crippen LogP contribution in [-0.2, 0) is 6.40 Å². The zero-order chi connectivity index (χ0) is 15.4. The lowest BCUT2D eigenvalue weighted by atomic mass is 10.2. The molecule has 4 heteroatoms. The van der Waals surface area contributed by atoms with Crippen LogP contribution in [0.1, 0.15) is 19.3 Å². The molecular formula is C11H16N4. The molecule has 4 nitrogen and oxygen atoms in total. The number of benzene rings is 1. The number of hydrogen-bond acceptors (Lipinski definition) is 1. The van der Waals surface area contributed by atoms with Gasteiger partial charge in [0.1, 0.15) is 0 Å². The van der Waals surface area contributed by atoms with E-state index in [0.29, 0.717) is 0 Å². The number of hydrogen-bond donors (Lipinski definition) is 2. The second-order valence-corrected chi connectivity index (χ2v) is 2.73. The number of nitrogens with two attached hydrogens (primary N) is 2. The fourth-order valence-electron chi connectivity index (χ4n) is 0.822. The van der Waals surface area contributed by atoms with Gasteiger partial charge in [0.05, 0.1) is 11.3 Å². The van der Waals surface area contributed by atoms with Crippen LogP contribution in [0, 0.1) is 0 Å². The summed E-state index contributed by atoms with van der Waals surface area (Å²) in [5.74, 6) is -0.0230. The first kappa shape index (κ1) is 5.90. The molecule has 2 unspecified atom stereocenters. The molecule has 0 aliphatic heterocycles. The molecule has 0 aromatic heterocycles. The lowest BCUT2D eigenvalue weighted by molar-refractivity contribution is 0.962. The zero-order valence-electron chi connectivity index (χ0n) is 13.4. The third-order valence-electron chi connectivity index (χ3n) is 1.37. The van der Waals surface area contributed by atoms with E-state index in [1.165, 1.54) is 19.1 Å². The molecule has 0 heterocycles. The maximum Gasteiger partial charge on any atom is 0.216 e. The molecule has 0 radical (unpaired) electrons. The topological polar surface area (TPSA) is 76.8 Å². The zero-order valence-corrected chi connectivity index (χ0v) is 8.36. The number of guanidine groups is 1. The van der Waals surface area contributed by atoms with Gasteiger partial charge >= 0.3 is 0 Å². The monoisotopic (exact) mass is 209 g/mol. The SMILES string of the molecule is [2H]c1cc([2H])c(C([2H])C([2H])N=C(N)N=C(C)N)cc1[2H]. The minimum absolute atomic E-state index is 0.0736. The molecule has 4 N–H and O–H groups in total. The third-order valence-corrected chi connectivity index (χ3v) is 1.37. The molecule has 15 heavy (non-hydrogen) atoms. The largest absolute Gasteiger partial charge is 0.387 e. The van der Waals surface area contributed by atoms with Crippen LogP contribution >= 0.6 is 0 Å². The molecule has 0 aliphatic carbocycles. The van der Waals surface area contributed by atoms with Crippen molar-refractivity contribution in [1.82, 2.24) is 0 Å². The summed E-state index contributed by atoms with van der Waals surface area (Å²) in [6, 6.07) is 2.12. The number of aliphatic imine (C=N–C) groups is 2. The Kier molecular flexibility index (Phi) is 2.28. The number of aryl methyl sites for hydroxylation is 1. The van der Waals surface area contributed by atoms with Gasteiger partial charge in [-0.2, -0.15) is 0 Å². The molecule has 1 aromatic carbocycles. The summed E-state index contributed by atoms with van der Waals surface area (Å²) in [5, 5.41) is 0. The lowest BCUT2D eigenvalue weighted by Crippen LogP contribution is -2.16. The highest BCUT2D eigenvalue weighted by atomic mass is 15.1. The van der Waals surface area contributed by atoms with E-state index in [0.717, 1.165) is 0 Å². The molecule has 0 spiro atoms. The Balaban J connectivity index is 3.03. The smallest absolute Gasteiger partial charge is 0.216 e. The van der Waals surface area contributed by atoms with E-state index in [1.807, 2.05) is 0 Å². The van der Waals surface area contributed by atoms with Crippen molar-refractivity contribution in [2.24, 2.45) is 21.5 Å². The van der Waals surface area contributed by atoms with E-state index in [4.69, 9.17) is 18.3 Å². The standard InChI is InChI=1S/C11H16N4/c1-9(12)15-11(13)14-8-7-10-5-3-2-4-6-10/h2-6H,7-8H2,1H3,(H4,12,13,14,15)/i2D,3D,6D,7D,8D. The number of rotatable bonds is 3. The van der Waals surface area contributed by atoms with Gasteiger partial charge in [0.25, 0.3) is 0 Å². The predicted octanol–water partition coefficient (Wildman–Crippen LogP) is 0.921. The van der Waals surface area contributed by atoms with Gasteiger partial charge in [0.15, 0.2) is 0 Å². The first-order valence-electron chi connectivity index (χ1n) is 6.94. The van der Waals surface area contributed by atoms with E-state index in [2.05, 4.69) is 9.98 Å². The van der Waals surface area contributed by atoms with Crippen LogP contribution in [-0.4, -0.2) is 18.3 Å². The Morgan fingerprint density at radius 2 is 2.33 bits per heavy atom. The highest BCUT2D eigenvalue weighted by Crippen LogP contribution is 1.99. The first-order valence-corrected chi connectivity index (χ1v) is 4.28. The fourth-order valence-corrected chi connectivity index (χ4v) is 0.822. The molecule has 1 aromatic rings. The number of nitrogens with zero attached hydrogens (tertiary/aromatic N) is 2. The van der Waals surface area contributed by atoms with Crippen molar-refractivity contribution in [3.05, 3.63) is 35.8 Å². The van der Waals surface area contributed by atoms with E-state index < -0.39 is 12.9 Å². The molecule has 0 saturated heterocycles. The Bertz CT molecular complexity index is 554. The second-order valence-electron chi connectivity index (χ2n) is 2.73. The van der Waals surface area contributed by atoms with Crippen molar-refractivity contribution in [3.8, 4) is 0 Å². The van der Waals surface area contributed by atoms with Crippen LogP contribution in [0.15, 0.2) is 40.2 Å². The summed E-state index contributed by atoms with van der Waals surface area (Å²) in [4.78, 5) is 7.35. The quantitative estimate of drug-likeness (QED) is 0.573. The Morgan fingerprint density at radius 3 is 3.07 bits per heavy atom. The van der Waals surface area contributed by atoms with Crippen LogP contribution in [0.25, 0.3) is 0 Å². The third kappa shape index (κ3) is 4.81. The summed E-state index contributed by atoms with van der Waals surface area (Å²) >= 11 is 0. The van der Waals surface area contributed by atoms with Crippen LogP contribution < -0.4 is 11.5 Å². The maximum absolute atomic E-state index is 7.91. The van der Waals surface area contributed by atoms with E-state index in [-0.39, 0.29) is 35.5 Å². The first-order chi connectivity index (χ1) is 9.22. The average molecular weight is 209 g/mol. The summed E-state index contributed by atoms with van der Waals surface area (Å²) in [5.41, 5.74) is 10.9. The normalized spacial score (nSPS) is 21.8. The van der Waals surface area contributed by atoms with Gasteiger partial charge < -0.3 is 11.5 Å². The van der Waals surface area contributed by atoms with E-state index in [9.17, 15) is 0 Å². The van der Waals surface area contributed by atoms with Gasteiger partial charge in [0, 0.05) is 7.89 Å². The second kappa shape index (κ2) is 5.80. The maximum atomic E-state index is 7.91. The van der Waals surface area contributed by atoms with Gasteiger partial charge in [0.2, 0.25) is 5.96 Å². The minimum atomic E-state index is -1.29. The van der Waals surface area contributed by atoms with Gasteiger partial charge in [-0.05, 0) is 18.9 Å². The van der Waals surface area contributed by atoms with Crippen molar-refractivity contribution in [1.29, 1.82) is 0 Å². The van der Waals surface area contributed by atoms with Crippen LogP contribution in [0.5, 0.6) is 0 Å². The fraction of sp³-hybridized carbons (Fsp3) is 0.273. The van der Waals surface area contributed by atoms with Gasteiger partial charge in [-0.3, -0.25) is 4.99 Å². The number of amidine groups is 1. The Labute approximate surface area is 96.8 Å². The molecule has 2 atom stereocenters. The van der Waals surface area contributed by atoms with Crippen molar-refractivity contribution >= 4 is 11.8 Å². The summed E-state index contributed by atoms with van der Waals surface area (Å²) in [6.07, 6.45) is -1.20. The van der Waals surface area contributed by atoms with Crippen molar-refractivity contribution < 1.29 is 6.85 Å². The molecule has 80 valence electrons. The highest BCUT2D eigenvalue weighted by Gasteiger charge is 1.91. The van der Waals surface area contributed by atoms with Crippen molar-refractivity contribution in [3.63, 3.8) is 0 Å². The molecule has 1 rings (SSSR count). The molecule has 0 aliphatic rings. The molecular weight excluding hydrogens is 188 g/mol. The molecule has 0 amide bonds. The summed E-state index contributed by atoms with van der Waals surface area (Å²) < 4.78 is 38.3.